The van der Waals surface area contributed by atoms with Crippen LogP contribution in [0.2, 0.25) is 0 Å². The molecule has 5 heteroatoms. The number of hydrogen-bond donors (Lipinski definition) is 1. The number of carbonyl (C=O) groups excluding carboxylic acids is 2. The van der Waals surface area contributed by atoms with Crippen molar-refractivity contribution in [1.29, 1.82) is 0 Å². The summed E-state index contributed by atoms with van der Waals surface area (Å²) >= 11 is 3.54. The highest BCUT2D eigenvalue weighted by Crippen LogP contribution is 2.28. The van der Waals surface area contributed by atoms with Crippen LogP contribution in [0.5, 0.6) is 0 Å². The molecule has 1 saturated heterocycles. The lowest BCUT2D eigenvalue weighted by atomic mass is 10.0. The van der Waals surface area contributed by atoms with Crippen molar-refractivity contribution in [2.75, 3.05) is 11.4 Å². The molecule has 0 spiro atoms. The Kier molecular flexibility index (Phi) is 4.71. The summed E-state index contributed by atoms with van der Waals surface area (Å²) in [6.07, 6.45) is 0.336. The van der Waals surface area contributed by atoms with E-state index in [1.165, 1.54) is 0 Å². The van der Waals surface area contributed by atoms with Crippen LogP contribution in [0.25, 0.3) is 0 Å². The van der Waals surface area contributed by atoms with E-state index in [1.807, 2.05) is 39.8 Å². The summed E-state index contributed by atoms with van der Waals surface area (Å²) in [6.45, 7) is 8.33. The molecule has 0 bridgehead atoms. The molecule has 0 aliphatic carbocycles. The van der Waals surface area contributed by atoms with Crippen molar-refractivity contribution in [1.82, 2.24) is 5.32 Å². The van der Waals surface area contributed by atoms with E-state index in [2.05, 4.69) is 21.2 Å². The molecular formula is C16H21BrN2O2. The zero-order valence-corrected chi connectivity index (χ0v) is 14.5. The lowest BCUT2D eigenvalue weighted by Gasteiger charge is -2.27. The summed E-state index contributed by atoms with van der Waals surface area (Å²) in [5.74, 6) is -0.0215. The summed E-state index contributed by atoms with van der Waals surface area (Å²) < 4.78 is 1.06. The van der Waals surface area contributed by atoms with E-state index < -0.39 is 6.04 Å². The number of aryl methyl sites for hydroxylation is 2. The Morgan fingerprint density at radius 3 is 2.33 bits per heavy atom. The van der Waals surface area contributed by atoms with Crippen LogP contribution in [-0.2, 0) is 9.59 Å². The number of rotatable bonds is 2. The van der Waals surface area contributed by atoms with E-state index in [0.717, 1.165) is 21.3 Å². The largest absolute Gasteiger partial charge is 0.344 e. The quantitative estimate of drug-likeness (QED) is 0.889. The highest BCUT2D eigenvalue weighted by atomic mass is 79.9. The molecule has 21 heavy (non-hydrogen) atoms. The molecule has 1 fully saturated rings. The van der Waals surface area contributed by atoms with Gasteiger partial charge in [0.15, 0.2) is 0 Å². The molecule has 0 saturated carbocycles. The molecule has 4 nitrogen and oxygen atoms in total. The molecule has 1 N–H and O–H groups in total. The summed E-state index contributed by atoms with van der Waals surface area (Å²) in [7, 11) is 0. The van der Waals surface area contributed by atoms with Crippen molar-refractivity contribution in [2.45, 2.75) is 40.2 Å². The summed E-state index contributed by atoms with van der Waals surface area (Å²) in [6, 6.07) is 3.52. The number of nitrogens with one attached hydrogen (secondary N) is 1. The number of nitrogens with zero attached hydrogens (tertiary/aromatic N) is 1. The molecule has 1 aromatic rings. The number of hydrogen-bond acceptors (Lipinski definition) is 2. The minimum atomic E-state index is -0.454. The molecule has 1 aliphatic heterocycles. The maximum absolute atomic E-state index is 12.7. The molecule has 0 radical (unpaired) electrons. The van der Waals surface area contributed by atoms with Gasteiger partial charge in [0.2, 0.25) is 11.8 Å². The standard InChI is InChI=1S/C16H21BrN2O2/c1-9(2)15-16(21)19(6-5-13(20)18-15)12-7-10(3)14(17)11(4)8-12/h7-9,15H,5-6H2,1-4H3,(H,18,20). The van der Waals surface area contributed by atoms with Crippen LogP contribution in [0.4, 0.5) is 5.69 Å². The van der Waals surface area contributed by atoms with Crippen molar-refractivity contribution < 1.29 is 9.59 Å². The number of halogens is 1. The van der Waals surface area contributed by atoms with Gasteiger partial charge in [-0.15, -0.1) is 0 Å². The number of anilines is 1. The SMILES string of the molecule is Cc1cc(N2CCC(=O)NC(C(C)C)C2=O)cc(C)c1Br. The second-order valence-corrected chi connectivity index (χ2v) is 6.72. The van der Waals surface area contributed by atoms with Crippen molar-refractivity contribution in [3.63, 3.8) is 0 Å². The van der Waals surface area contributed by atoms with Crippen molar-refractivity contribution in [3.8, 4) is 0 Å². The van der Waals surface area contributed by atoms with Crippen LogP contribution in [0.3, 0.4) is 0 Å². The third-order valence-corrected chi connectivity index (χ3v) is 5.06. The van der Waals surface area contributed by atoms with E-state index in [-0.39, 0.29) is 17.7 Å². The van der Waals surface area contributed by atoms with Crippen LogP contribution in [-0.4, -0.2) is 24.4 Å². The minimum absolute atomic E-state index is 0.0306. The molecule has 0 aromatic heterocycles. The van der Waals surface area contributed by atoms with Crippen LogP contribution in [0.15, 0.2) is 16.6 Å². The van der Waals surface area contributed by atoms with Gasteiger partial charge in [-0.05, 0) is 43.0 Å². The average molecular weight is 353 g/mol. The smallest absolute Gasteiger partial charge is 0.249 e. The predicted octanol–water partition coefficient (Wildman–Crippen LogP) is 2.94. The molecule has 1 heterocycles. The Labute approximate surface area is 134 Å². The zero-order valence-electron chi connectivity index (χ0n) is 12.9. The third kappa shape index (κ3) is 3.28. The number of carbonyl (C=O) groups is 2. The fourth-order valence-corrected chi connectivity index (χ4v) is 2.81. The normalized spacial score (nSPS) is 19.7. The fourth-order valence-electron chi connectivity index (χ4n) is 2.59. The van der Waals surface area contributed by atoms with Crippen LogP contribution >= 0.6 is 15.9 Å². The highest BCUT2D eigenvalue weighted by Gasteiger charge is 2.32. The topological polar surface area (TPSA) is 49.4 Å². The van der Waals surface area contributed by atoms with E-state index >= 15 is 0 Å². The molecule has 1 atom stereocenters. The van der Waals surface area contributed by atoms with Gasteiger partial charge in [0.05, 0.1) is 0 Å². The second-order valence-electron chi connectivity index (χ2n) is 5.92. The first-order valence-corrected chi connectivity index (χ1v) is 7.98. The highest BCUT2D eigenvalue weighted by molar-refractivity contribution is 9.10. The third-order valence-electron chi connectivity index (χ3n) is 3.81. The summed E-state index contributed by atoms with van der Waals surface area (Å²) in [5.41, 5.74) is 3.03. The van der Waals surface area contributed by atoms with Crippen LogP contribution in [0.1, 0.15) is 31.4 Å². The lowest BCUT2D eigenvalue weighted by Crippen LogP contribution is -2.47. The van der Waals surface area contributed by atoms with Gasteiger partial charge >= 0.3 is 0 Å². The first-order valence-electron chi connectivity index (χ1n) is 7.18. The Bertz CT molecular complexity index is 561. The Morgan fingerprint density at radius 2 is 1.81 bits per heavy atom. The average Bonchev–Trinajstić information content (AvgIpc) is 2.55. The molecule has 1 aliphatic rings. The van der Waals surface area contributed by atoms with Gasteiger partial charge in [0.1, 0.15) is 6.04 Å². The maximum atomic E-state index is 12.7. The van der Waals surface area contributed by atoms with Gasteiger partial charge in [-0.1, -0.05) is 29.8 Å². The Balaban J connectivity index is 2.41. The summed E-state index contributed by atoms with van der Waals surface area (Å²) in [5, 5.41) is 2.83. The van der Waals surface area contributed by atoms with Gasteiger partial charge in [-0.3, -0.25) is 9.59 Å². The zero-order chi connectivity index (χ0) is 15.7. The van der Waals surface area contributed by atoms with Gasteiger partial charge in [-0.25, -0.2) is 0 Å². The van der Waals surface area contributed by atoms with Gasteiger partial charge in [0, 0.05) is 23.1 Å². The second kappa shape index (κ2) is 6.18. The van der Waals surface area contributed by atoms with Crippen molar-refractivity contribution >= 4 is 33.4 Å². The molecule has 2 amide bonds. The maximum Gasteiger partial charge on any atom is 0.249 e. The van der Waals surface area contributed by atoms with E-state index in [1.54, 1.807) is 4.90 Å². The van der Waals surface area contributed by atoms with E-state index in [9.17, 15) is 9.59 Å². The van der Waals surface area contributed by atoms with Crippen LogP contribution < -0.4 is 10.2 Å². The van der Waals surface area contributed by atoms with Crippen molar-refractivity contribution in [2.24, 2.45) is 5.92 Å². The molecule has 2 rings (SSSR count). The minimum Gasteiger partial charge on any atom is -0.344 e. The monoisotopic (exact) mass is 352 g/mol. The Morgan fingerprint density at radius 1 is 1.24 bits per heavy atom. The first-order chi connectivity index (χ1) is 9.81. The number of benzene rings is 1. The summed E-state index contributed by atoms with van der Waals surface area (Å²) in [4.78, 5) is 26.3. The first kappa shape index (κ1) is 16.0. The fraction of sp³-hybridized carbons (Fsp3) is 0.500. The van der Waals surface area contributed by atoms with Crippen LogP contribution in [0, 0.1) is 19.8 Å². The van der Waals surface area contributed by atoms with Crippen molar-refractivity contribution in [3.05, 3.63) is 27.7 Å². The predicted molar refractivity (Wildman–Crippen MR) is 87.4 cm³/mol. The molecule has 1 aromatic carbocycles. The van der Waals surface area contributed by atoms with E-state index in [0.29, 0.717) is 13.0 Å². The van der Waals surface area contributed by atoms with Gasteiger partial charge in [-0.2, -0.15) is 0 Å². The molecule has 114 valence electrons. The Hall–Kier alpha value is -1.36. The molecule has 1 unspecified atom stereocenters. The number of amides is 2. The van der Waals surface area contributed by atoms with E-state index in [4.69, 9.17) is 0 Å². The van der Waals surface area contributed by atoms with Gasteiger partial charge in [0.25, 0.3) is 0 Å². The lowest BCUT2D eigenvalue weighted by molar-refractivity contribution is -0.126. The van der Waals surface area contributed by atoms with Gasteiger partial charge < -0.3 is 10.2 Å². The molecular weight excluding hydrogens is 332 g/mol.